The number of carbonyl (C=O) groups excluding carboxylic acids is 1. The maximum absolute atomic E-state index is 12.0. The molecule has 2 aromatic rings. The van der Waals surface area contributed by atoms with Crippen molar-refractivity contribution in [3.8, 4) is 6.07 Å². The highest BCUT2D eigenvalue weighted by atomic mass is 16.3. The number of hydrogen-bond acceptors (Lipinski definition) is 3. The summed E-state index contributed by atoms with van der Waals surface area (Å²) in [5, 5.41) is 20.7. The van der Waals surface area contributed by atoms with E-state index in [4.69, 9.17) is 5.26 Å². The second-order valence-corrected chi connectivity index (χ2v) is 4.02. The molecule has 1 amide bonds. The molecule has 0 fully saturated rings. The number of aromatic nitrogens is 1. The van der Waals surface area contributed by atoms with Crippen LogP contribution in [-0.4, -0.2) is 22.6 Å². The molecule has 0 spiro atoms. The van der Waals surface area contributed by atoms with Crippen LogP contribution in [0.1, 0.15) is 27.8 Å². The van der Waals surface area contributed by atoms with Crippen molar-refractivity contribution in [1.82, 2.24) is 10.3 Å². The third-order valence-corrected chi connectivity index (χ3v) is 2.74. The van der Waals surface area contributed by atoms with E-state index in [1.165, 1.54) is 12.1 Å². The molecule has 1 aromatic carbocycles. The minimum atomic E-state index is -0.470. The number of aliphatic hydroxyl groups is 1. The molecule has 1 atom stereocenters. The molecule has 0 bridgehead atoms. The van der Waals surface area contributed by atoms with Gasteiger partial charge in [0.15, 0.2) is 0 Å². The van der Waals surface area contributed by atoms with Crippen LogP contribution >= 0.6 is 0 Å². The van der Waals surface area contributed by atoms with Gasteiger partial charge in [0.25, 0.3) is 5.91 Å². The molecule has 3 N–H and O–H groups in total. The zero-order chi connectivity index (χ0) is 13.7. The van der Waals surface area contributed by atoms with Gasteiger partial charge in [-0.3, -0.25) is 4.79 Å². The highest BCUT2D eigenvalue weighted by molar-refractivity contribution is 5.92. The van der Waals surface area contributed by atoms with Crippen LogP contribution in [0.15, 0.2) is 42.5 Å². The van der Waals surface area contributed by atoms with Gasteiger partial charge in [-0.1, -0.05) is 30.3 Å². The van der Waals surface area contributed by atoms with Crippen molar-refractivity contribution in [3.05, 3.63) is 59.4 Å². The van der Waals surface area contributed by atoms with Crippen LogP contribution in [0.4, 0.5) is 0 Å². The van der Waals surface area contributed by atoms with E-state index >= 15 is 0 Å². The number of nitrogens with zero attached hydrogens (tertiary/aromatic N) is 1. The average Bonchev–Trinajstić information content (AvgIpc) is 2.94. The number of rotatable bonds is 4. The number of nitriles is 1. The molecule has 96 valence electrons. The summed E-state index contributed by atoms with van der Waals surface area (Å²) in [6, 6.07) is 13.7. The fourth-order valence-electron chi connectivity index (χ4n) is 1.75. The molecule has 1 aromatic heterocycles. The summed E-state index contributed by atoms with van der Waals surface area (Å²) in [5.74, 6) is -0.357. The van der Waals surface area contributed by atoms with E-state index in [1.807, 2.05) is 36.4 Å². The van der Waals surface area contributed by atoms with Gasteiger partial charge >= 0.3 is 0 Å². The summed E-state index contributed by atoms with van der Waals surface area (Å²) in [6.07, 6.45) is 0. The Labute approximate surface area is 110 Å². The maximum atomic E-state index is 12.0. The predicted octanol–water partition coefficient (Wildman–Crippen LogP) is 1.35. The van der Waals surface area contributed by atoms with Crippen molar-refractivity contribution in [2.45, 2.75) is 6.04 Å². The van der Waals surface area contributed by atoms with Crippen molar-refractivity contribution in [2.24, 2.45) is 0 Å². The SMILES string of the molecule is N#Cc1ccc(C(=O)NC(CO)c2ccccc2)[nH]1. The number of H-pyrrole nitrogens is 1. The Morgan fingerprint density at radius 2 is 2.05 bits per heavy atom. The van der Waals surface area contributed by atoms with Crippen LogP contribution < -0.4 is 5.32 Å². The van der Waals surface area contributed by atoms with E-state index in [-0.39, 0.29) is 12.5 Å². The molecule has 5 nitrogen and oxygen atoms in total. The van der Waals surface area contributed by atoms with Gasteiger partial charge in [0.2, 0.25) is 0 Å². The monoisotopic (exact) mass is 255 g/mol. The minimum absolute atomic E-state index is 0.193. The van der Waals surface area contributed by atoms with Crippen LogP contribution in [0.2, 0.25) is 0 Å². The first-order valence-electron chi connectivity index (χ1n) is 5.80. The Hall–Kier alpha value is -2.58. The fourth-order valence-corrected chi connectivity index (χ4v) is 1.75. The zero-order valence-electron chi connectivity index (χ0n) is 10.1. The fraction of sp³-hybridized carbons (Fsp3) is 0.143. The van der Waals surface area contributed by atoms with Crippen LogP contribution in [0.5, 0.6) is 0 Å². The summed E-state index contributed by atoms with van der Waals surface area (Å²) in [4.78, 5) is 14.6. The van der Waals surface area contributed by atoms with Gasteiger partial charge in [0.05, 0.1) is 12.6 Å². The van der Waals surface area contributed by atoms with Crippen LogP contribution in [0.3, 0.4) is 0 Å². The van der Waals surface area contributed by atoms with Gasteiger partial charge in [-0.05, 0) is 17.7 Å². The molecule has 0 saturated heterocycles. The van der Waals surface area contributed by atoms with E-state index < -0.39 is 6.04 Å². The third kappa shape index (κ3) is 3.00. The lowest BCUT2D eigenvalue weighted by atomic mass is 10.1. The highest BCUT2D eigenvalue weighted by Crippen LogP contribution is 2.12. The Morgan fingerprint density at radius 3 is 2.63 bits per heavy atom. The lowest BCUT2D eigenvalue weighted by molar-refractivity contribution is 0.0911. The molecule has 1 unspecified atom stereocenters. The van der Waals surface area contributed by atoms with Crippen LogP contribution in [-0.2, 0) is 0 Å². The first-order chi connectivity index (χ1) is 9.24. The maximum Gasteiger partial charge on any atom is 0.268 e. The molecule has 0 aliphatic heterocycles. The van der Waals surface area contributed by atoms with E-state index in [1.54, 1.807) is 0 Å². The van der Waals surface area contributed by atoms with Crippen molar-refractivity contribution in [1.29, 1.82) is 5.26 Å². The molecule has 5 heteroatoms. The van der Waals surface area contributed by atoms with Gasteiger partial charge < -0.3 is 15.4 Å². The van der Waals surface area contributed by atoms with Crippen LogP contribution in [0, 0.1) is 11.3 Å². The van der Waals surface area contributed by atoms with Gasteiger partial charge in [0.1, 0.15) is 17.5 Å². The predicted molar refractivity (Wildman–Crippen MR) is 69.2 cm³/mol. The summed E-state index contributed by atoms with van der Waals surface area (Å²) in [5.41, 5.74) is 1.45. The molecule has 19 heavy (non-hydrogen) atoms. The smallest absolute Gasteiger partial charge is 0.268 e. The van der Waals surface area contributed by atoms with E-state index in [2.05, 4.69) is 10.3 Å². The van der Waals surface area contributed by atoms with Crippen molar-refractivity contribution in [3.63, 3.8) is 0 Å². The van der Waals surface area contributed by atoms with Gasteiger partial charge in [-0.15, -0.1) is 0 Å². The lowest BCUT2D eigenvalue weighted by Gasteiger charge is -2.16. The summed E-state index contributed by atoms with van der Waals surface area (Å²) in [6.45, 7) is -0.193. The summed E-state index contributed by atoms with van der Waals surface area (Å²) >= 11 is 0. The summed E-state index contributed by atoms with van der Waals surface area (Å²) in [7, 11) is 0. The van der Waals surface area contributed by atoms with Gasteiger partial charge in [-0.25, -0.2) is 0 Å². The number of aliphatic hydroxyl groups excluding tert-OH is 1. The first kappa shape index (κ1) is 12.9. The number of hydrogen-bond donors (Lipinski definition) is 3. The van der Waals surface area contributed by atoms with E-state index in [9.17, 15) is 9.90 Å². The minimum Gasteiger partial charge on any atom is -0.394 e. The highest BCUT2D eigenvalue weighted by Gasteiger charge is 2.15. The molecule has 0 aliphatic carbocycles. The first-order valence-corrected chi connectivity index (χ1v) is 5.80. The quantitative estimate of drug-likeness (QED) is 0.770. The molecule has 2 rings (SSSR count). The molecule has 0 aliphatic rings. The molecule has 0 radical (unpaired) electrons. The Morgan fingerprint density at radius 1 is 1.32 bits per heavy atom. The van der Waals surface area contributed by atoms with Crippen LogP contribution in [0.25, 0.3) is 0 Å². The second kappa shape index (κ2) is 5.85. The normalized spacial score (nSPS) is 11.6. The second-order valence-electron chi connectivity index (χ2n) is 4.02. The van der Waals surface area contributed by atoms with Crippen molar-refractivity contribution < 1.29 is 9.90 Å². The third-order valence-electron chi connectivity index (χ3n) is 2.74. The molecule has 1 heterocycles. The largest absolute Gasteiger partial charge is 0.394 e. The topological polar surface area (TPSA) is 88.9 Å². The standard InChI is InChI=1S/C14H13N3O2/c15-8-11-6-7-12(16-11)14(19)17-13(9-18)10-4-2-1-3-5-10/h1-7,13,16,18H,9H2,(H,17,19). The van der Waals surface area contributed by atoms with E-state index in [0.717, 1.165) is 5.56 Å². The van der Waals surface area contributed by atoms with E-state index in [0.29, 0.717) is 11.4 Å². The number of aromatic amines is 1. The Balaban J connectivity index is 2.11. The number of carbonyl (C=O) groups is 1. The summed E-state index contributed by atoms with van der Waals surface area (Å²) < 4.78 is 0. The number of nitrogens with one attached hydrogen (secondary N) is 2. The van der Waals surface area contributed by atoms with Crippen molar-refractivity contribution in [2.75, 3.05) is 6.61 Å². The molecular formula is C14H13N3O2. The molecular weight excluding hydrogens is 242 g/mol. The number of benzene rings is 1. The Bertz CT molecular complexity index is 599. The Kier molecular flexibility index (Phi) is 3.96. The van der Waals surface area contributed by atoms with Crippen molar-refractivity contribution >= 4 is 5.91 Å². The zero-order valence-corrected chi connectivity index (χ0v) is 10.1. The lowest BCUT2D eigenvalue weighted by Crippen LogP contribution is -2.31. The van der Waals surface area contributed by atoms with Gasteiger partial charge in [-0.2, -0.15) is 5.26 Å². The number of amides is 1. The van der Waals surface area contributed by atoms with Gasteiger partial charge in [0, 0.05) is 0 Å². The molecule has 0 saturated carbocycles. The average molecular weight is 255 g/mol.